The van der Waals surface area contributed by atoms with Gasteiger partial charge >= 0.3 is 0 Å². The SMILES string of the molecule is Cc1ncc(CNc2c(C)cccc2[N+](=O)[O-])s1. The summed E-state index contributed by atoms with van der Waals surface area (Å²) < 4.78 is 0. The summed E-state index contributed by atoms with van der Waals surface area (Å²) in [6, 6.07) is 5.05. The second-order valence-corrected chi connectivity index (χ2v) is 5.24. The monoisotopic (exact) mass is 263 g/mol. The third kappa shape index (κ3) is 2.65. The van der Waals surface area contributed by atoms with Gasteiger partial charge < -0.3 is 5.32 Å². The van der Waals surface area contributed by atoms with Crippen LogP contribution in [-0.4, -0.2) is 9.91 Å². The summed E-state index contributed by atoms with van der Waals surface area (Å²) in [6.07, 6.45) is 1.79. The first-order chi connectivity index (χ1) is 8.58. The molecule has 5 nitrogen and oxygen atoms in total. The van der Waals surface area contributed by atoms with Gasteiger partial charge in [-0.15, -0.1) is 11.3 Å². The molecule has 0 saturated carbocycles. The molecule has 6 heteroatoms. The minimum absolute atomic E-state index is 0.108. The van der Waals surface area contributed by atoms with Crippen LogP contribution < -0.4 is 5.32 Å². The molecule has 2 aromatic rings. The predicted octanol–water partition coefficient (Wildman–Crippen LogP) is 3.28. The molecule has 0 aliphatic rings. The quantitative estimate of drug-likeness (QED) is 0.679. The second-order valence-electron chi connectivity index (χ2n) is 3.93. The standard InChI is InChI=1S/C12H13N3O2S/c1-8-4-3-5-11(15(16)17)12(8)14-7-10-6-13-9(2)18-10/h3-6,14H,7H2,1-2H3. The van der Waals surface area contributed by atoms with E-state index in [1.165, 1.54) is 6.07 Å². The fourth-order valence-corrected chi connectivity index (χ4v) is 2.43. The molecule has 0 unspecified atom stereocenters. The number of nitro groups is 1. The fourth-order valence-electron chi connectivity index (χ4n) is 1.70. The highest BCUT2D eigenvalue weighted by atomic mass is 32.1. The first kappa shape index (κ1) is 12.5. The Balaban J connectivity index is 2.20. The molecule has 0 radical (unpaired) electrons. The van der Waals surface area contributed by atoms with Crippen molar-refractivity contribution < 1.29 is 4.92 Å². The maximum Gasteiger partial charge on any atom is 0.292 e. The second kappa shape index (κ2) is 5.14. The van der Waals surface area contributed by atoms with Gasteiger partial charge in [-0.05, 0) is 19.4 Å². The Morgan fingerprint density at radius 1 is 1.44 bits per heavy atom. The predicted molar refractivity (Wildman–Crippen MR) is 72.0 cm³/mol. The number of thiazole rings is 1. The van der Waals surface area contributed by atoms with Gasteiger partial charge in [-0.25, -0.2) is 4.98 Å². The normalized spacial score (nSPS) is 10.3. The Morgan fingerprint density at radius 2 is 2.22 bits per heavy atom. The first-order valence-electron chi connectivity index (χ1n) is 5.47. The van der Waals surface area contributed by atoms with E-state index < -0.39 is 0 Å². The molecule has 0 amide bonds. The van der Waals surface area contributed by atoms with Gasteiger partial charge in [0.1, 0.15) is 5.69 Å². The third-order valence-electron chi connectivity index (χ3n) is 2.56. The lowest BCUT2D eigenvalue weighted by Crippen LogP contribution is -2.03. The van der Waals surface area contributed by atoms with Gasteiger partial charge in [0.25, 0.3) is 5.69 Å². The van der Waals surface area contributed by atoms with Crippen molar-refractivity contribution in [3.8, 4) is 0 Å². The Hall–Kier alpha value is -1.95. The first-order valence-corrected chi connectivity index (χ1v) is 6.29. The van der Waals surface area contributed by atoms with E-state index in [9.17, 15) is 10.1 Å². The molecule has 0 fully saturated rings. The molecule has 1 aromatic heterocycles. The highest BCUT2D eigenvalue weighted by Gasteiger charge is 2.15. The summed E-state index contributed by atoms with van der Waals surface area (Å²) in [5.41, 5.74) is 1.55. The number of aryl methyl sites for hydroxylation is 2. The summed E-state index contributed by atoms with van der Waals surface area (Å²) in [5.74, 6) is 0. The van der Waals surface area contributed by atoms with Crippen LogP contribution in [0.2, 0.25) is 0 Å². The van der Waals surface area contributed by atoms with Crippen LogP contribution in [0, 0.1) is 24.0 Å². The minimum atomic E-state index is -0.368. The van der Waals surface area contributed by atoms with Crippen molar-refractivity contribution in [2.45, 2.75) is 20.4 Å². The summed E-state index contributed by atoms with van der Waals surface area (Å²) in [6.45, 7) is 4.34. The van der Waals surface area contributed by atoms with Crippen LogP contribution in [0.15, 0.2) is 24.4 Å². The number of aromatic nitrogens is 1. The van der Waals surface area contributed by atoms with Gasteiger partial charge in [0, 0.05) is 17.1 Å². The van der Waals surface area contributed by atoms with Crippen LogP contribution in [0.3, 0.4) is 0 Å². The summed E-state index contributed by atoms with van der Waals surface area (Å²) in [5, 5.41) is 15.1. The van der Waals surface area contributed by atoms with Crippen molar-refractivity contribution >= 4 is 22.7 Å². The zero-order valence-corrected chi connectivity index (χ0v) is 11.0. The fraction of sp³-hybridized carbons (Fsp3) is 0.250. The van der Waals surface area contributed by atoms with Gasteiger partial charge in [0.15, 0.2) is 0 Å². The highest BCUT2D eigenvalue weighted by molar-refractivity contribution is 7.11. The smallest absolute Gasteiger partial charge is 0.292 e. The van der Waals surface area contributed by atoms with Crippen molar-refractivity contribution in [3.05, 3.63) is 50.0 Å². The van der Waals surface area contributed by atoms with Crippen LogP contribution in [0.5, 0.6) is 0 Å². The molecular formula is C12H13N3O2S. The van der Waals surface area contributed by atoms with Crippen molar-refractivity contribution in [2.24, 2.45) is 0 Å². The topological polar surface area (TPSA) is 68.1 Å². The lowest BCUT2D eigenvalue weighted by atomic mass is 10.1. The molecule has 0 aliphatic carbocycles. The molecule has 0 atom stereocenters. The molecule has 2 rings (SSSR count). The molecule has 0 aliphatic heterocycles. The van der Waals surface area contributed by atoms with E-state index >= 15 is 0 Å². The number of hydrogen-bond acceptors (Lipinski definition) is 5. The van der Waals surface area contributed by atoms with Gasteiger partial charge in [-0.3, -0.25) is 10.1 Å². The van der Waals surface area contributed by atoms with Gasteiger partial charge in [0.2, 0.25) is 0 Å². The molecule has 1 N–H and O–H groups in total. The summed E-state index contributed by atoms with van der Waals surface area (Å²) >= 11 is 1.58. The minimum Gasteiger partial charge on any atom is -0.374 e. The third-order valence-corrected chi connectivity index (χ3v) is 3.47. The molecule has 0 saturated heterocycles. The number of nitrogens with zero attached hydrogens (tertiary/aromatic N) is 2. The number of nitro benzene ring substituents is 1. The molecular weight excluding hydrogens is 250 g/mol. The highest BCUT2D eigenvalue weighted by Crippen LogP contribution is 2.28. The van der Waals surface area contributed by atoms with E-state index in [0.29, 0.717) is 12.2 Å². The van der Waals surface area contributed by atoms with Crippen LogP contribution in [-0.2, 0) is 6.54 Å². The molecule has 94 valence electrons. The zero-order chi connectivity index (χ0) is 13.1. The number of rotatable bonds is 4. The molecule has 1 aromatic carbocycles. The Kier molecular flexibility index (Phi) is 3.57. The van der Waals surface area contributed by atoms with E-state index in [1.54, 1.807) is 23.6 Å². The van der Waals surface area contributed by atoms with E-state index in [2.05, 4.69) is 10.3 Å². The molecule has 0 spiro atoms. The summed E-state index contributed by atoms with van der Waals surface area (Å²) in [4.78, 5) is 15.8. The maximum atomic E-state index is 10.9. The Morgan fingerprint density at radius 3 is 2.83 bits per heavy atom. The van der Waals surface area contributed by atoms with Crippen LogP contribution in [0.1, 0.15) is 15.4 Å². The number of nitrogens with one attached hydrogen (secondary N) is 1. The average molecular weight is 263 g/mol. The largest absolute Gasteiger partial charge is 0.374 e. The van der Waals surface area contributed by atoms with Crippen LogP contribution >= 0.6 is 11.3 Å². The lowest BCUT2D eigenvalue weighted by Gasteiger charge is -2.08. The molecule has 1 heterocycles. The molecule has 0 bridgehead atoms. The van der Waals surface area contributed by atoms with Gasteiger partial charge in [0.05, 0.1) is 16.5 Å². The maximum absolute atomic E-state index is 10.9. The van der Waals surface area contributed by atoms with Crippen LogP contribution in [0.25, 0.3) is 0 Å². The van der Waals surface area contributed by atoms with Crippen molar-refractivity contribution in [2.75, 3.05) is 5.32 Å². The van der Waals surface area contributed by atoms with E-state index in [-0.39, 0.29) is 10.6 Å². The number of benzene rings is 1. The van der Waals surface area contributed by atoms with Gasteiger partial charge in [-0.1, -0.05) is 12.1 Å². The number of anilines is 1. The van der Waals surface area contributed by atoms with E-state index in [1.807, 2.05) is 19.9 Å². The van der Waals surface area contributed by atoms with Crippen molar-refractivity contribution in [3.63, 3.8) is 0 Å². The lowest BCUT2D eigenvalue weighted by molar-refractivity contribution is -0.384. The average Bonchev–Trinajstić information content (AvgIpc) is 2.73. The van der Waals surface area contributed by atoms with Gasteiger partial charge in [-0.2, -0.15) is 0 Å². The Bertz CT molecular complexity index is 580. The van der Waals surface area contributed by atoms with E-state index in [4.69, 9.17) is 0 Å². The number of hydrogen-bond donors (Lipinski definition) is 1. The summed E-state index contributed by atoms with van der Waals surface area (Å²) in [7, 11) is 0. The zero-order valence-electron chi connectivity index (χ0n) is 10.1. The molecule has 18 heavy (non-hydrogen) atoms. The van der Waals surface area contributed by atoms with Crippen molar-refractivity contribution in [1.82, 2.24) is 4.98 Å². The number of para-hydroxylation sites is 1. The van der Waals surface area contributed by atoms with Crippen molar-refractivity contribution in [1.29, 1.82) is 0 Å². The van der Waals surface area contributed by atoms with Crippen LogP contribution in [0.4, 0.5) is 11.4 Å². The van der Waals surface area contributed by atoms with E-state index in [0.717, 1.165) is 15.4 Å². The Labute approximate surface area is 109 Å².